The molecule has 0 saturated carbocycles. The van der Waals surface area contributed by atoms with Gasteiger partial charge in [0.15, 0.2) is 0 Å². The first-order valence-electron chi connectivity index (χ1n) is 7.55. The second kappa shape index (κ2) is 6.65. The van der Waals surface area contributed by atoms with Gasteiger partial charge < -0.3 is 5.32 Å². The molecule has 0 spiro atoms. The average molecular weight is 300 g/mol. The van der Waals surface area contributed by atoms with Gasteiger partial charge in [0.05, 0.1) is 6.04 Å². The highest BCUT2D eigenvalue weighted by atomic mass is 16.2. The fraction of sp³-hybridized carbons (Fsp3) is 0.467. The van der Waals surface area contributed by atoms with Gasteiger partial charge in [0.1, 0.15) is 0 Å². The Bertz CT molecular complexity index is 609. The summed E-state index contributed by atoms with van der Waals surface area (Å²) in [6, 6.07) is 7.80. The van der Waals surface area contributed by atoms with Gasteiger partial charge in [0, 0.05) is 12.1 Å². The monoisotopic (exact) mass is 300 g/mol. The minimum absolute atomic E-state index is 0.00681. The number of aromatic nitrogens is 4. The molecule has 2 aromatic rings. The predicted molar refractivity (Wildman–Crippen MR) is 81.7 cm³/mol. The highest BCUT2D eigenvalue weighted by Gasteiger charge is 2.25. The number of likely N-dealkylation sites (N-methyl/N-ethyl adjacent to an activating group) is 1. The van der Waals surface area contributed by atoms with Crippen LogP contribution in [-0.4, -0.2) is 51.1 Å². The molecule has 1 amide bonds. The molecular formula is C15H20N6O. The van der Waals surface area contributed by atoms with Crippen molar-refractivity contribution < 1.29 is 4.79 Å². The van der Waals surface area contributed by atoms with Gasteiger partial charge in [-0.15, -0.1) is 10.2 Å². The number of hydrogen-bond donors (Lipinski definition) is 2. The van der Waals surface area contributed by atoms with Crippen LogP contribution in [0.3, 0.4) is 0 Å². The first kappa shape index (κ1) is 14.6. The molecule has 7 nitrogen and oxygen atoms in total. The zero-order valence-corrected chi connectivity index (χ0v) is 12.6. The Kier molecular flexibility index (Phi) is 4.43. The molecule has 0 aliphatic carbocycles. The summed E-state index contributed by atoms with van der Waals surface area (Å²) in [6.45, 7) is 1.53. The fourth-order valence-electron chi connectivity index (χ4n) is 2.77. The highest BCUT2D eigenvalue weighted by Crippen LogP contribution is 2.16. The molecule has 1 aromatic carbocycles. The van der Waals surface area contributed by atoms with Crippen LogP contribution in [0.2, 0.25) is 0 Å². The number of likely N-dealkylation sites (tertiary alicyclic amines) is 1. The number of H-pyrrole nitrogens is 1. The summed E-state index contributed by atoms with van der Waals surface area (Å²) in [4.78, 5) is 14.4. The van der Waals surface area contributed by atoms with E-state index < -0.39 is 0 Å². The second-order valence-electron chi connectivity index (χ2n) is 5.64. The first-order valence-corrected chi connectivity index (χ1v) is 7.55. The molecule has 1 saturated heterocycles. The van der Waals surface area contributed by atoms with E-state index in [0.717, 1.165) is 30.5 Å². The van der Waals surface area contributed by atoms with Gasteiger partial charge in [-0.25, -0.2) is 0 Å². The van der Waals surface area contributed by atoms with Crippen LogP contribution in [0.5, 0.6) is 0 Å². The summed E-state index contributed by atoms with van der Waals surface area (Å²) >= 11 is 0. The van der Waals surface area contributed by atoms with E-state index in [1.807, 2.05) is 31.3 Å². The molecule has 0 radical (unpaired) electrons. The average Bonchev–Trinajstić information content (AvgIpc) is 3.08. The third kappa shape index (κ3) is 3.30. The van der Waals surface area contributed by atoms with Gasteiger partial charge in [-0.05, 0) is 37.2 Å². The number of aromatic amines is 1. The lowest BCUT2D eigenvalue weighted by Gasteiger charge is -2.31. The summed E-state index contributed by atoms with van der Waals surface area (Å²) < 4.78 is 0. The quantitative estimate of drug-likeness (QED) is 0.878. The number of hydrogen-bond acceptors (Lipinski definition) is 5. The number of rotatable bonds is 4. The number of carbonyl (C=O) groups is 1. The summed E-state index contributed by atoms with van der Waals surface area (Å²) in [7, 11) is 2.02. The van der Waals surface area contributed by atoms with Gasteiger partial charge in [0.2, 0.25) is 11.7 Å². The molecule has 1 aliphatic heterocycles. The van der Waals surface area contributed by atoms with E-state index in [-0.39, 0.29) is 11.9 Å². The molecule has 0 unspecified atom stereocenters. The van der Waals surface area contributed by atoms with Crippen LogP contribution in [0.4, 0.5) is 0 Å². The van der Waals surface area contributed by atoms with Crippen molar-refractivity contribution in [1.82, 2.24) is 30.8 Å². The number of nitrogens with zero attached hydrogens (tertiary/aromatic N) is 4. The second-order valence-corrected chi connectivity index (χ2v) is 5.64. The van der Waals surface area contributed by atoms with Crippen molar-refractivity contribution >= 4 is 5.91 Å². The van der Waals surface area contributed by atoms with Crippen molar-refractivity contribution in [2.45, 2.75) is 31.8 Å². The van der Waals surface area contributed by atoms with Crippen LogP contribution in [0.25, 0.3) is 11.4 Å². The van der Waals surface area contributed by atoms with E-state index in [0.29, 0.717) is 12.4 Å². The van der Waals surface area contributed by atoms with Gasteiger partial charge >= 0.3 is 0 Å². The number of benzene rings is 1. The first-order chi connectivity index (χ1) is 10.7. The molecule has 1 aliphatic rings. The lowest BCUT2D eigenvalue weighted by atomic mass is 10.0. The molecule has 1 fully saturated rings. The van der Waals surface area contributed by atoms with E-state index in [1.165, 1.54) is 6.42 Å². The number of tetrazole rings is 1. The maximum absolute atomic E-state index is 12.3. The van der Waals surface area contributed by atoms with Gasteiger partial charge in [0.25, 0.3) is 0 Å². The third-order valence-electron chi connectivity index (χ3n) is 4.10. The van der Waals surface area contributed by atoms with Crippen molar-refractivity contribution in [2.24, 2.45) is 0 Å². The summed E-state index contributed by atoms with van der Waals surface area (Å²) in [5.41, 5.74) is 1.95. The Morgan fingerprint density at radius 1 is 1.36 bits per heavy atom. The number of amides is 1. The predicted octanol–water partition coefficient (Wildman–Crippen LogP) is 0.967. The summed E-state index contributed by atoms with van der Waals surface area (Å²) in [5.74, 6) is 0.684. The van der Waals surface area contributed by atoms with Crippen LogP contribution in [0, 0.1) is 0 Å². The molecule has 22 heavy (non-hydrogen) atoms. The van der Waals surface area contributed by atoms with Crippen molar-refractivity contribution in [1.29, 1.82) is 0 Å². The Morgan fingerprint density at radius 3 is 2.86 bits per heavy atom. The normalized spacial score (nSPS) is 19.0. The largest absolute Gasteiger partial charge is 0.351 e. The van der Waals surface area contributed by atoms with Crippen LogP contribution in [-0.2, 0) is 11.3 Å². The maximum atomic E-state index is 12.3. The number of piperidine rings is 1. The highest BCUT2D eigenvalue weighted by molar-refractivity contribution is 5.81. The van der Waals surface area contributed by atoms with Crippen LogP contribution >= 0.6 is 0 Å². The molecule has 3 rings (SSSR count). The molecule has 2 heterocycles. The van der Waals surface area contributed by atoms with E-state index in [9.17, 15) is 4.79 Å². The molecule has 116 valence electrons. The minimum atomic E-state index is 0.00681. The topological polar surface area (TPSA) is 86.8 Å². The van der Waals surface area contributed by atoms with E-state index >= 15 is 0 Å². The summed E-state index contributed by atoms with van der Waals surface area (Å²) in [6.07, 6.45) is 3.25. The zero-order valence-electron chi connectivity index (χ0n) is 12.6. The standard InChI is InChI=1S/C15H20N6O/c1-21-9-3-2-4-13(21)15(22)16-10-11-5-7-12(8-6-11)14-17-19-20-18-14/h5-8,13H,2-4,9-10H2,1H3,(H,16,22)(H,17,18,19,20)/t13-/m0/s1. The lowest BCUT2D eigenvalue weighted by molar-refractivity contribution is -0.127. The Morgan fingerprint density at radius 2 is 2.18 bits per heavy atom. The van der Waals surface area contributed by atoms with Crippen molar-refractivity contribution in [3.63, 3.8) is 0 Å². The smallest absolute Gasteiger partial charge is 0.237 e. The molecule has 2 N–H and O–H groups in total. The number of nitrogens with one attached hydrogen (secondary N) is 2. The lowest BCUT2D eigenvalue weighted by Crippen LogP contribution is -2.47. The van der Waals surface area contributed by atoms with E-state index in [2.05, 4.69) is 30.8 Å². The zero-order chi connectivity index (χ0) is 15.4. The fourth-order valence-corrected chi connectivity index (χ4v) is 2.77. The third-order valence-corrected chi connectivity index (χ3v) is 4.10. The van der Waals surface area contributed by atoms with Crippen molar-refractivity contribution in [2.75, 3.05) is 13.6 Å². The van der Waals surface area contributed by atoms with Crippen molar-refractivity contribution in [3.05, 3.63) is 29.8 Å². The SMILES string of the molecule is CN1CCCC[C@H]1C(=O)NCc1ccc(-c2nn[nH]n2)cc1. The molecule has 7 heteroatoms. The molecule has 1 aromatic heterocycles. The van der Waals surface area contributed by atoms with Crippen LogP contribution in [0.1, 0.15) is 24.8 Å². The van der Waals surface area contributed by atoms with Crippen LogP contribution < -0.4 is 5.32 Å². The van der Waals surface area contributed by atoms with E-state index in [1.54, 1.807) is 0 Å². The Hall–Kier alpha value is -2.28. The summed E-state index contributed by atoms with van der Waals surface area (Å²) in [5, 5.41) is 16.9. The van der Waals surface area contributed by atoms with E-state index in [4.69, 9.17) is 0 Å². The van der Waals surface area contributed by atoms with Gasteiger partial charge in [-0.1, -0.05) is 30.7 Å². The Labute approximate surface area is 129 Å². The Balaban J connectivity index is 1.56. The van der Waals surface area contributed by atoms with Crippen LogP contribution in [0.15, 0.2) is 24.3 Å². The molecule has 0 bridgehead atoms. The molecule has 1 atom stereocenters. The van der Waals surface area contributed by atoms with Crippen molar-refractivity contribution in [3.8, 4) is 11.4 Å². The van der Waals surface area contributed by atoms with Gasteiger partial charge in [-0.2, -0.15) is 5.21 Å². The van der Waals surface area contributed by atoms with Gasteiger partial charge in [-0.3, -0.25) is 9.69 Å². The minimum Gasteiger partial charge on any atom is -0.351 e. The molecular weight excluding hydrogens is 280 g/mol. The number of carbonyl (C=O) groups excluding carboxylic acids is 1. The maximum Gasteiger partial charge on any atom is 0.237 e.